The Hall–Kier alpha value is -2.78. The van der Waals surface area contributed by atoms with Crippen LogP contribution in [0, 0.1) is 5.92 Å². The van der Waals surface area contributed by atoms with Crippen molar-refractivity contribution < 1.29 is 4.79 Å². The second-order valence-corrected chi connectivity index (χ2v) is 7.51. The monoisotopic (exact) mass is 360 g/mol. The van der Waals surface area contributed by atoms with Gasteiger partial charge in [0.2, 0.25) is 5.91 Å². The highest BCUT2D eigenvalue weighted by atomic mass is 16.2. The average Bonchev–Trinajstić information content (AvgIpc) is 2.74. The van der Waals surface area contributed by atoms with Gasteiger partial charge in [0.05, 0.1) is 12.1 Å². The molecule has 0 radical (unpaired) electrons. The number of amides is 1. The summed E-state index contributed by atoms with van der Waals surface area (Å²) in [4.78, 5) is 18.0. The molecule has 2 aromatic rings. The molecule has 1 aliphatic heterocycles. The SMILES string of the molecule is [N-]=[N+]=N[C@H]1C(=O)N(C(c2ccccc2)c2ccccc2)[C@@H]1C1CCCCC1. The fourth-order valence-electron chi connectivity index (χ4n) is 4.73. The van der Waals surface area contributed by atoms with Crippen molar-refractivity contribution in [2.75, 3.05) is 0 Å². The van der Waals surface area contributed by atoms with Crippen molar-refractivity contribution in [3.63, 3.8) is 0 Å². The Morgan fingerprint density at radius 1 is 0.926 bits per heavy atom. The highest BCUT2D eigenvalue weighted by Crippen LogP contribution is 2.44. The third-order valence-corrected chi connectivity index (χ3v) is 5.97. The number of carbonyl (C=O) groups excluding carboxylic acids is 1. The van der Waals surface area contributed by atoms with Crippen molar-refractivity contribution in [2.24, 2.45) is 11.0 Å². The van der Waals surface area contributed by atoms with E-state index in [2.05, 4.69) is 34.3 Å². The number of β-lactam (4-membered cyclic amide) rings is 1. The standard InChI is InChI=1S/C22H24N4O/c23-25-24-19-21(18-14-8-3-9-15-18)26(22(19)27)20(16-10-4-1-5-11-16)17-12-6-2-7-13-17/h1-2,4-7,10-13,18-21H,3,8-9,14-15H2/t19-,21-/m1/s1. The molecular formula is C22H24N4O. The highest BCUT2D eigenvalue weighted by Gasteiger charge is 2.53. The largest absolute Gasteiger partial charge is 0.327 e. The Morgan fingerprint density at radius 2 is 1.48 bits per heavy atom. The van der Waals surface area contributed by atoms with Crippen molar-refractivity contribution >= 4 is 5.91 Å². The summed E-state index contributed by atoms with van der Waals surface area (Å²) in [6.07, 6.45) is 5.83. The summed E-state index contributed by atoms with van der Waals surface area (Å²) in [5.74, 6) is 0.350. The van der Waals surface area contributed by atoms with E-state index in [9.17, 15) is 4.79 Å². The van der Waals surface area contributed by atoms with Crippen LogP contribution >= 0.6 is 0 Å². The molecule has 4 rings (SSSR count). The summed E-state index contributed by atoms with van der Waals surface area (Å²) in [5.41, 5.74) is 11.2. The molecule has 0 aromatic heterocycles. The molecule has 0 spiro atoms. The molecule has 5 nitrogen and oxygen atoms in total. The summed E-state index contributed by atoms with van der Waals surface area (Å²) in [7, 11) is 0. The Morgan fingerprint density at radius 3 is 2.00 bits per heavy atom. The van der Waals surface area contributed by atoms with E-state index in [4.69, 9.17) is 5.53 Å². The molecule has 1 saturated heterocycles. The Kier molecular flexibility index (Phi) is 5.12. The van der Waals surface area contributed by atoms with Crippen molar-refractivity contribution in [3.8, 4) is 0 Å². The number of hydrogen-bond acceptors (Lipinski definition) is 2. The lowest BCUT2D eigenvalue weighted by molar-refractivity contribution is -0.156. The minimum Gasteiger partial charge on any atom is -0.327 e. The number of hydrogen-bond donors (Lipinski definition) is 0. The van der Waals surface area contributed by atoms with Crippen LogP contribution in [0.4, 0.5) is 0 Å². The van der Waals surface area contributed by atoms with Crippen molar-refractivity contribution in [1.29, 1.82) is 0 Å². The van der Waals surface area contributed by atoms with Crippen LogP contribution in [0.1, 0.15) is 49.3 Å². The second-order valence-electron chi connectivity index (χ2n) is 7.51. The number of carbonyl (C=O) groups is 1. The zero-order valence-corrected chi connectivity index (χ0v) is 15.3. The van der Waals surface area contributed by atoms with E-state index in [0.29, 0.717) is 5.92 Å². The van der Waals surface area contributed by atoms with Gasteiger partial charge in [-0.05, 0) is 35.4 Å². The van der Waals surface area contributed by atoms with Crippen molar-refractivity contribution in [1.82, 2.24) is 4.90 Å². The first-order chi connectivity index (χ1) is 13.3. The molecule has 1 heterocycles. The van der Waals surface area contributed by atoms with E-state index in [1.807, 2.05) is 41.3 Å². The molecule has 27 heavy (non-hydrogen) atoms. The predicted octanol–water partition coefficient (Wildman–Crippen LogP) is 5.25. The van der Waals surface area contributed by atoms with Gasteiger partial charge in [0.25, 0.3) is 0 Å². The molecule has 5 heteroatoms. The first kappa shape index (κ1) is 17.6. The van der Waals surface area contributed by atoms with Crippen molar-refractivity contribution in [3.05, 3.63) is 82.2 Å². The van der Waals surface area contributed by atoms with Crippen molar-refractivity contribution in [2.45, 2.75) is 50.2 Å². The molecule has 2 aliphatic rings. The first-order valence-electron chi connectivity index (χ1n) is 9.77. The van der Waals surface area contributed by atoms with E-state index < -0.39 is 6.04 Å². The topological polar surface area (TPSA) is 69.1 Å². The second kappa shape index (κ2) is 7.85. The predicted molar refractivity (Wildman–Crippen MR) is 105 cm³/mol. The maximum Gasteiger partial charge on any atom is 0.234 e. The molecule has 0 N–H and O–H groups in total. The molecule has 0 bridgehead atoms. The quantitative estimate of drug-likeness (QED) is 0.311. The van der Waals surface area contributed by atoms with Gasteiger partial charge >= 0.3 is 0 Å². The molecule has 2 atom stereocenters. The van der Waals surface area contributed by atoms with Gasteiger partial charge in [-0.3, -0.25) is 4.79 Å². The van der Waals surface area contributed by atoms with Crippen LogP contribution in [0.2, 0.25) is 0 Å². The van der Waals surface area contributed by atoms with E-state index in [1.165, 1.54) is 19.3 Å². The van der Waals surface area contributed by atoms with Gasteiger partial charge in [-0.1, -0.05) is 85.0 Å². The van der Waals surface area contributed by atoms with E-state index in [1.54, 1.807) is 0 Å². The third kappa shape index (κ3) is 3.31. The number of nitrogens with zero attached hydrogens (tertiary/aromatic N) is 4. The normalized spacial score (nSPS) is 23.0. The van der Waals surface area contributed by atoms with Gasteiger partial charge in [-0.25, -0.2) is 0 Å². The van der Waals surface area contributed by atoms with Crippen LogP contribution < -0.4 is 0 Å². The van der Waals surface area contributed by atoms with Gasteiger partial charge in [-0.15, -0.1) is 0 Å². The molecular weight excluding hydrogens is 336 g/mol. The summed E-state index contributed by atoms with van der Waals surface area (Å²) in [5, 5.41) is 3.88. The Balaban J connectivity index is 1.75. The fraction of sp³-hybridized carbons (Fsp3) is 0.409. The van der Waals surface area contributed by atoms with Gasteiger partial charge in [-0.2, -0.15) is 0 Å². The molecule has 2 aromatic carbocycles. The average molecular weight is 360 g/mol. The highest BCUT2D eigenvalue weighted by molar-refractivity contribution is 5.90. The number of likely N-dealkylation sites (tertiary alicyclic amines) is 1. The van der Waals surface area contributed by atoms with Gasteiger partial charge in [0.1, 0.15) is 6.04 Å². The molecule has 2 fully saturated rings. The lowest BCUT2D eigenvalue weighted by atomic mass is 9.74. The summed E-state index contributed by atoms with van der Waals surface area (Å²) < 4.78 is 0. The first-order valence-corrected chi connectivity index (χ1v) is 9.77. The number of rotatable bonds is 5. The lowest BCUT2D eigenvalue weighted by Crippen LogP contribution is -2.67. The molecule has 1 aliphatic carbocycles. The van der Waals surface area contributed by atoms with Crippen LogP contribution in [-0.2, 0) is 4.79 Å². The summed E-state index contributed by atoms with van der Waals surface area (Å²) in [6, 6.07) is 19.6. The smallest absolute Gasteiger partial charge is 0.234 e. The van der Waals surface area contributed by atoms with Crippen LogP contribution in [0.5, 0.6) is 0 Å². The molecule has 0 unspecified atom stereocenters. The maximum absolute atomic E-state index is 13.1. The summed E-state index contributed by atoms with van der Waals surface area (Å²) in [6.45, 7) is 0. The minimum atomic E-state index is -0.562. The number of benzene rings is 2. The van der Waals surface area contributed by atoms with E-state index in [0.717, 1.165) is 24.0 Å². The van der Waals surface area contributed by atoms with Gasteiger partial charge in [0, 0.05) is 4.91 Å². The van der Waals surface area contributed by atoms with Gasteiger partial charge in [0.15, 0.2) is 0 Å². The molecule has 1 amide bonds. The van der Waals surface area contributed by atoms with E-state index in [-0.39, 0.29) is 18.0 Å². The lowest BCUT2D eigenvalue weighted by Gasteiger charge is -2.53. The Labute approximate surface area is 159 Å². The zero-order chi connectivity index (χ0) is 18.6. The van der Waals surface area contributed by atoms with Crippen LogP contribution in [0.3, 0.4) is 0 Å². The summed E-state index contributed by atoms with van der Waals surface area (Å²) >= 11 is 0. The third-order valence-electron chi connectivity index (χ3n) is 5.97. The molecule has 1 saturated carbocycles. The molecule has 138 valence electrons. The van der Waals surface area contributed by atoms with Crippen LogP contribution in [0.15, 0.2) is 65.8 Å². The van der Waals surface area contributed by atoms with Gasteiger partial charge < -0.3 is 4.90 Å². The van der Waals surface area contributed by atoms with Crippen LogP contribution in [-0.4, -0.2) is 22.9 Å². The zero-order valence-electron chi connectivity index (χ0n) is 15.3. The minimum absolute atomic E-state index is 0.0147. The van der Waals surface area contributed by atoms with Crippen LogP contribution in [0.25, 0.3) is 10.4 Å². The van der Waals surface area contributed by atoms with E-state index >= 15 is 0 Å². The fourth-order valence-corrected chi connectivity index (χ4v) is 4.73. The number of azide groups is 1. The maximum atomic E-state index is 13.1. The Bertz CT molecular complexity index is 786.